The number of ether oxygens (including phenoxy) is 1. The first-order valence-electron chi connectivity index (χ1n) is 8.87. The average Bonchev–Trinajstić information content (AvgIpc) is 3.33. The van der Waals surface area contributed by atoms with Gasteiger partial charge in [0.05, 0.1) is 18.3 Å². The van der Waals surface area contributed by atoms with Gasteiger partial charge in [0, 0.05) is 23.5 Å². The Labute approximate surface area is 180 Å². The highest BCUT2D eigenvalue weighted by molar-refractivity contribution is 8.01. The predicted octanol–water partition coefficient (Wildman–Crippen LogP) is 2.91. The SMILES string of the molecule is CCOC(=O)CSc1nnc(NC(=O)C2CC(=O)N(c3ccc(SC)cc3)C2)s1. The second-order valence-corrected chi connectivity index (χ2v) is 9.14. The molecule has 0 saturated carbocycles. The van der Waals surface area contributed by atoms with Crippen LogP contribution in [0.3, 0.4) is 0 Å². The number of amides is 2. The van der Waals surface area contributed by atoms with E-state index >= 15 is 0 Å². The molecule has 0 spiro atoms. The van der Waals surface area contributed by atoms with E-state index in [9.17, 15) is 14.4 Å². The molecule has 2 heterocycles. The summed E-state index contributed by atoms with van der Waals surface area (Å²) >= 11 is 4.02. The standard InChI is InChI=1S/C18H20N4O4S3/c1-3-26-15(24)10-28-18-21-20-17(29-18)19-16(25)11-8-14(23)22(9-11)12-4-6-13(27-2)7-5-12/h4-7,11H,3,8-10H2,1-2H3,(H,19,20,25). The first-order chi connectivity index (χ1) is 14.0. The summed E-state index contributed by atoms with van der Waals surface area (Å²) in [6, 6.07) is 7.69. The smallest absolute Gasteiger partial charge is 0.316 e. The molecule has 1 saturated heterocycles. The Bertz CT molecular complexity index is 887. The zero-order chi connectivity index (χ0) is 20.8. The van der Waals surface area contributed by atoms with Crippen LogP contribution in [0, 0.1) is 5.92 Å². The van der Waals surface area contributed by atoms with Crippen LogP contribution in [0.4, 0.5) is 10.8 Å². The van der Waals surface area contributed by atoms with Crippen LogP contribution in [0.1, 0.15) is 13.3 Å². The molecule has 1 unspecified atom stereocenters. The average molecular weight is 453 g/mol. The molecular formula is C18H20N4O4S3. The van der Waals surface area contributed by atoms with Crippen LogP contribution in [-0.4, -0.2) is 53.1 Å². The zero-order valence-corrected chi connectivity index (χ0v) is 18.4. The minimum Gasteiger partial charge on any atom is -0.465 e. The lowest BCUT2D eigenvalue weighted by molar-refractivity contribution is -0.139. The normalized spacial score (nSPS) is 16.1. The number of anilines is 2. The summed E-state index contributed by atoms with van der Waals surface area (Å²) < 4.78 is 5.42. The van der Waals surface area contributed by atoms with Crippen LogP contribution < -0.4 is 10.2 Å². The van der Waals surface area contributed by atoms with Crippen molar-refractivity contribution in [3.63, 3.8) is 0 Å². The Morgan fingerprint density at radius 3 is 2.76 bits per heavy atom. The van der Waals surface area contributed by atoms with E-state index in [1.165, 1.54) is 23.1 Å². The Morgan fingerprint density at radius 1 is 1.31 bits per heavy atom. The molecule has 8 nitrogen and oxygen atoms in total. The number of benzene rings is 1. The number of hydrogen-bond donors (Lipinski definition) is 1. The van der Waals surface area contributed by atoms with Gasteiger partial charge in [-0.1, -0.05) is 23.1 Å². The maximum absolute atomic E-state index is 12.6. The molecule has 1 atom stereocenters. The van der Waals surface area contributed by atoms with Gasteiger partial charge in [-0.15, -0.1) is 22.0 Å². The molecule has 1 aromatic carbocycles. The lowest BCUT2D eigenvalue weighted by atomic mass is 10.1. The molecule has 3 rings (SSSR count). The van der Waals surface area contributed by atoms with Gasteiger partial charge in [-0.25, -0.2) is 0 Å². The van der Waals surface area contributed by atoms with Crippen molar-refractivity contribution in [2.75, 3.05) is 35.4 Å². The fraction of sp³-hybridized carbons (Fsp3) is 0.389. The molecule has 2 aromatic rings. The third-order valence-electron chi connectivity index (χ3n) is 4.14. The molecule has 154 valence electrons. The van der Waals surface area contributed by atoms with Crippen LogP contribution in [-0.2, 0) is 19.1 Å². The molecule has 2 amide bonds. The van der Waals surface area contributed by atoms with Gasteiger partial charge in [0.1, 0.15) is 0 Å². The molecule has 1 N–H and O–H groups in total. The summed E-state index contributed by atoms with van der Waals surface area (Å²) in [6.45, 7) is 2.40. The Morgan fingerprint density at radius 2 is 2.07 bits per heavy atom. The van der Waals surface area contributed by atoms with Gasteiger partial charge in [0.2, 0.25) is 16.9 Å². The van der Waals surface area contributed by atoms with Gasteiger partial charge in [-0.2, -0.15) is 0 Å². The molecule has 29 heavy (non-hydrogen) atoms. The van der Waals surface area contributed by atoms with Gasteiger partial charge in [0.15, 0.2) is 4.34 Å². The van der Waals surface area contributed by atoms with Crippen molar-refractivity contribution in [1.29, 1.82) is 0 Å². The molecule has 1 aromatic heterocycles. The summed E-state index contributed by atoms with van der Waals surface area (Å²) in [5.74, 6) is -0.988. The van der Waals surface area contributed by atoms with Crippen molar-refractivity contribution in [2.24, 2.45) is 5.92 Å². The highest BCUT2D eigenvalue weighted by atomic mass is 32.2. The van der Waals surface area contributed by atoms with E-state index in [0.29, 0.717) is 22.6 Å². The Balaban J connectivity index is 1.54. The lowest BCUT2D eigenvalue weighted by Gasteiger charge is -2.16. The van der Waals surface area contributed by atoms with E-state index in [1.54, 1.807) is 23.6 Å². The minimum absolute atomic E-state index is 0.0787. The number of hydrogen-bond acceptors (Lipinski definition) is 9. The van der Waals surface area contributed by atoms with E-state index in [2.05, 4.69) is 15.5 Å². The number of esters is 1. The van der Waals surface area contributed by atoms with Crippen molar-refractivity contribution in [2.45, 2.75) is 22.6 Å². The van der Waals surface area contributed by atoms with Crippen LogP contribution in [0.5, 0.6) is 0 Å². The summed E-state index contributed by atoms with van der Waals surface area (Å²) in [5.41, 5.74) is 0.789. The van der Waals surface area contributed by atoms with Gasteiger partial charge in [-0.3, -0.25) is 14.4 Å². The molecule has 11 heteroatoms. The van der Waals surface area contributed by atoms with E-state index in [1.807, 2.05) is 30.5 Å². The predicted molar refractivity (Wildman–Crippen MR) is 115 cm³/mol. The number of carbonyl (C=O) groups excluding carboxylic acids is 3. The highest BCUT2D eigenvalue weighted by Crippen LogP contribution is 2.29. The second-order valence-electron chi connectivity index (χ2n) is 6.06. The van der Waals surface area contributed by atoms with Crippen molar-refractivity contribution in [3.8, 4) is 0 Å². The molecule has 1 aliphatic rings. The molecular weight excluding hydrogens is 432 g/mol. The Kier molecular flexibility index (Phi) is 7.51. The number of rotatable bonds is 8. The van der Waals surface area contributed by atoms with Crippen molar-refractivity contribution in [1.82, 2.24) is 10.2 Å². The molecule has 0 radical (unpaired) electrons. The topological polar surface area (TPSA) is 101 Å². The van der Waals surface area contributed by atoms with Crippen LogP contribution in [0.2, 0.25) is 0 Å². The number of nitrogens with one attached hydrogen (secondary N) is 1. The van der Waals surface area contributed by atoms with Gasteiger partial charge in [-0.05, 0) is 37.4 Å². The molecule has 0 aliphatic carbocycles. The number of nitrogens with zero attached hydrogens (tertiary/aromatic N) is 3. The van der Waals surface area contributed by atoms with Crippen molar-refractivity contribution in [3.05, 3.63) is 24.3 Å². The van der Waals surface area contributed by atoms with Gasteiger partial charge >= 0.3 is 5.97 Å². The molecule has 1 fully saturated rings. The van der Waals surface area contributed by atoms with Gasteiger partial charge < -0.3 is 15.0 Å². The molecule has 0 bridgehead atoms. The van der Waals surface area contributed by atoms with Crippen LogP contribution >= 0.6 is 34.9 Å². The largest absolute Gasteiger partial charge is 0.465 e. The highest BCUT2D eigenvalue weighted by Gasteiger charge is 2.35. The van der Waals surface area contributed by atoms with Crippen molar-refractivity contribution < 1.29 is 19.1 Å². The number of carbonyl (C=O) groups is 3. The van der Waals surface area contributed by atoms with E-state index in [0.717, 1.165) is 10.6 Å². The van der Waals surface area contributed by atoms with Gasteiger partial charge in [0.25, 0.3) is 0 Å². The van der Waals surface area contributed by atoms with Crippen LogP contribution in [0.25, 0.3) is 0 Å². The quantitative estimate of drug-likeness (QED) is 0.371. The fourth-order valence-corrected chi connectivity index (χ4v) is 4.71. The van der Waals surface area contributed by atoms with Crippen LogP contribution in [0.15, 0.2) is 33.5 Å². The summed E-state index contributed by atoms with van der Waals surface area (Å²) in [6.07, 6.45) is 2.14. The van der Waals surface area contributed by atoms with E-state index in [-0.39, 0.29) is 30.0 Å². The zero-order valence-electron chi connectivity index (χ0n) is 15.9. The first kappa shape index (κ1) is 21.6. The third-order valence-corrected chi connectivity index (χ3v) is 6.82. The first-order valence-corrected chi connectivity index (χ1v) is 11.9. The summed E-state index contributed by atoms with van der Waals surface area (Å²) in [7, 11) is 0. The minimum atomic E-state index is -0.456. The summed E-state index contributed by atoms with van der Waals surface area (Å²) in [4.78, 5) is 39.1. The Hall–Kier alpha value is -2.11. The number of aromatic nitrogens is 2. The number of thioether (sulfide) groups is 2. The van der Waals surface area contributed by atoms with E-state index < -0.39 is 5.92 Å². The maximum Gasteiger partial charge on any atom is 0.316 e. The molecule has 1 aliphatic heterocycles. The van der Waals surface area contributed by atoms with E-state index in [4.69, 9.17) is 4.74 Å². The summed E-state index contributed by atoms with van der Waals surface area (Å²) in [5, 5.41) is 10.9. The van der Waals surface area contributed by atoms with Crippen molar-refractivity contribution >= 4 is 63.5 Å². The maximum atomic E-state index is 12.6. The lowest BCUT2D eigenvalue weighted by Crippen LogP contribution is -2.28. The second kappa shape index (κ2) is 10.1. The third kappa shape index (κ3) is 5.71. The fourth-order valence-electron chi connectivity index (χ4n) is 2.74. The monoisotopic (exact) mass is 452 g/mol.